The summed E-state index contributed by atoms with van der Waals surface area (Å²) in [6, 6.07) is 14.0. The lowest BCUT2D eigenvalue weighted by molar-refractivity contribution is -0.140. The van der Waals surface area contributed by atoms with Gasteiger partial charge in [0.15, 0.2) is 9.75 Å². The lowest BCUT2D eigenvalue weighted by atomic mass is 9.56. The van der Waals surface area contributed by atoms with Crippen LogP contribution in [0.2, 0.25) is 0 Å². The molecule has 49 heavy (non-hydrogen) atoms. The number of phenols is 2. The molecule has 0 spiro atoms. The number of allylic oxidation sites excluding steroid dienone is 2. The van der Waals surface area contributed by atoms with E-state index in [1.54, 1.807) is 18.2 Å². The minimum atomic E-state index is -2.25. The molecule has 0 unspecified atom stereocenters. The zero-order valence-corrected chi connectivity index (χ0v) is 27.9. The first kappa shape index (κ1) is 32.9. The van der Waals surface area contributed by atoms with Gasteiger partial charge in [0.2, 0.25) is 11.8 Å². The number of ether oxygens (including phenoxy) is 2. The highest BCUT2D eigenvalue weighted by Gasteiger charge is 2.77. The third-order valence-corrected chi connectivity index (χ3v) is 11.8. The van der Waals surface area contributed by atoms with Crippen molar-refractivity contribution < 1.29 is 43.3 Å². The molecule has 0 radical (unpaired) electrons. The molecule has 13 heteroatoms. The topological polar surface area (TPSA) is 134 Å². The number of likely N-dealkylation sites (tertiary alicyclic amines) is 1. The van der Waals surface area contributed by atoms with E-state index in [9.17, 15) is 33.8 Å². The SMILES string of the molecule is COc1cc(O)c([C@H]2C3=CC[C@@H]4C(=O)N(CCc5ccc(O)cc5)C(=O)[C@@H]4[C@@H]3C[C@@]3(Cl)C(=O)N(c4ccc(F)cc4)C(=O)[C@@]23Cl)c(OC)c1. The summed E-state index contributed by atoms with van der Waals surface area (Å²) in [5.74, 6) is -6.91. The van der Waals surface area contributed by atoms with Gasteiger partial charge in [0.1, 0.15) is 28.8 Å². The number of anilines is 1. The van der Waals surface area contributed by atoms with Gasteiger partial charge < -0.3 is 19.7 Å². The number of alkyl halides is 2. The number of hydrogen-bond acceptors (Lipinski definition) is 8. The molecule has 4 amide bonds. The molecule has 0 aromatic heterocycles. The molecule has 7 rings (SSSR count). The van der Waals surface area contributed by atoms with Gasteiger partial charge in [0.05, 0.1) is 31.7 Å². The Balaban J connectivity index is 1.36. The molecule has 254 valence electrons. The molecule has 2 N–H and O–H groups in total. The molecule has 0 bridgehead atoms. The third kappa shape index (κ3) is 4.73. The number of rotatable bonds is 7. The fourth-order valence-electron chi connectivity index (χ4n) is 8.07. The number of amides is 4. The fraction of sp³-hybridized carbons (Fsp3) is 0.333. The highest BCUT2D eigenvalue weighted by atomic mass is 35.5. The average Bonchev–Trinajstić information content (AvgIpc) is 3.42. The van der Waals surface area contributed by atoms with Crippen LogP contribution in [0, 0.1) is 23.6 Å². The molecule has 1 saturated carbocycles. The predicted molar refractivity (Wildman–Crippen MR) is 176 cm³/mol. The molecule has 3 fully saturated rings. The molecule has 2 heterocycles. The van der Waals surface area contributed by atoms with Crippen molar-refractivity contribution in [3.05, 3.63) is 89.3 Å². The van der Waals surface area contributed by atoms with Crippen molar-refractivity contribution in [2.45, 2.75) is 34.9 Å². The Kier molecular flexibility index (Phi) is 7.91. The van der Waals surface area contributed by atoms with E-state index < -0.39 is 57.0 Å². The Morgan fingerprint density at radius 3 is 2.24 bits per heavy atom. The van der Waals surface area contributed by atoms with Crippen molar-refractivity contribution in [2.75, 3.05) is 25.7 Å². The zero-order valence-electron chi connectivity index (χ0n) is 26.4. The second-order valence-electron chi connectivity index (χ2n) is 12.8. The number of benzene rings is 3. The van der Waals surface area contributed by atoms with Gasteiger partial charge in [-0.2, -0.15) is 0 Å². The van der Waals surface area contributed by atoms with E-state index >= 15 is 0 Å². The van der Waals surface area contributed by atoms with Gasteiger partial charge in [-0.1, -0.05) is 23.8 Å². The Morgan fingerprint density at radius 1 is 0.898 bits per heavy atom. The summed E-state index contributed by atoms with van der Waals surface area (Å²) in [6.07, 6.45) is 1.98. The zero-order chi connectivity index (χ0) is 35.0. The predicted octanol–water partition coefficient (Wildman–Crippen LogP) is 5.06. The lowest BCUT2D eigenvalue weighted by Gasteiger charge is -2.50. The Labute approximate surface area is 290 Å². The summed E-state index contributed by atoms with van der Waals surface area (Å²) in [6.45, 7) is 0.0925. The lowest BCUT2D eigenvalue weighted by Crippen LogP contribution is -2.60. The van der Waals surface area contributed by atoms with Gasteiger partial charge in [-0.05, 0) is 67.1 Å². The molecule has 6 atom stereocenters. The van der Waals surface area contributed by atoms with Gasteiger partial charge in [0.25, 0.3) is 11.8 Å². The summed E-state index contributed by atoms with van der Waals surface area (Å²) in [5, 5.41) is 21.1. The highest BCUT2D eigenvalue weighted by Crippen LogP contribution is 2.67. The number of halogens is 3. The van der Waals surface area contributed by atoms with Crippen LogP contribution in [0.25, 0.3) is 0 Å². The van der Waals surface area contributed by atoms with Crippen LogP contribution in [0.4, 0.5) is 10.1 Å². The second kappa shape index (κ2) is 11.8. The number of carbonyl (C=O) groups excluding carboxylic acids is 4. The normalized spacial score (nSPS) is 29.0. The number of hydrogen-bond donors (Lipinski definition) is 2. The van der Waals surface area contributed by atoms with Crippen LogP contribution in [0.1, 0.15) is 29.9 Å². The molecule has 3 aromatic rings. The van der Waals surface area contributed by atoms with Crippen LogP contribution in [-0.2, 0) is 25.6 Å². The summed E-state index contributed by atoms with van der Waals surface area (Å²) in [5.41, 5.74) is 1.38. The van der Waals surface area contributed by atoms with Gasteiger partial charge in [-0.25, -0.2) is 9.29 Å². The monoisotopic (exact) mass is 708 g/mol. The van der Waals surface area contributed by atoms with Crippen molar-refractivity contribution in [1.82, 2.24) is 4.90 Å². The number of methoxy groups -OCH3 is 2. The fourth-order valence-corrected chi connectivity index (χ4v) is 8.99. The van der Waals surface area contributed by atoms with Crippen molar-refractivity contribution in [1.29, 1.82) is 0 Å². The maximum Gasteiger partial charge on any atom is 0.258 e. The molecular formula is C36H31Cl2FN2O8. The molecule has 2 saturated heterocycles. The molecule has 2 aliphatic heterocycles. The maximum atomic E-state index is 14.6. The van der Waals surface area contributed by atoms with E-state index in [1.807, 2.05) is 0 Å². The van der Waals surface area contributed by atoms with Crippen molar-refractivity contribution >= 4 is 52.5 Å². The third-order valence-electron chi connectivity index (χ3n) is 10.4. The number of nitrogens with zero attached hydrogens (tertiary/aromatic N) is 2. The van der Waals surface area contributed by atoms with E-state index in [2.05, 4.69) is 0 Å². The van der Waals surface area contributed by atoms with Gasteiger partial charge in [-0.15, -0.1) is 23.2 Å². The van der Waals surface area contributed by atoms with Gasteiger partial charge in [-0.3, -0.25) is 24.1 Å². The number of aromatic hydroxyl groups is 2. The van der Waals surface area contributed by atoms with E-state index in [4.69, 9.17) is 32.7 Å². The number of fused-ring (bicyclic) bond motifs is 4. The average molecular weight is 710 g/mol. The van der Waals surface area contributed by atoms with Crippen LogP contribution < -0.4 is 14.4 Å². The minimum absolute atomic E-state index is 0.0397. The first-order valence-electron chi connectivity index (χ1n) is 15.7. The quantitative estimate of drug-likeness (QED) is 0.198. The summed E-state index contributed by atoms with van der Waals surface area (Å²) in [4.78, 5) is 54.6. The van der Waals surface area contributed by atoms with E-state index in [-0.39, 0.29) is 59.5 Å². The van der Waals surface area contributed by atoms with Crippen LogP contribution >= 0.6 is 23.2 Å². The minimum Gasteiger partial charge on any atom is -0.508 e. The number of carbonyl (C=O) groups is 4. The van der Waals surface area contributed by atoms with Gasteiger partial charge >= 0.3 is 0 Å². The summed E-state index contributed by atoms with van der Waals surface area (Å²) >= 11 is 14.8. The van der Waals surface area contributed by atoms with E-state index in [0.717, 1.165) is 22.6 Å². The molecular weight excluding hydrogens is 678 g/mol. The molecule has 4 aliphatic rings. The summed E-state index contributed by atoms with van der Waals surface area (Å²) in [7, 11) is 2.76. The van der Waals surface area contributed by atoms with Crippen LogP contribution in [0.15, 0.2) is 72.3 Å². The number of phenolic OH excluding ortho intramolecular Hbond substituents is 2. The van der Waals surface area contributed by atoms with Crippen LogP contribution in [0.5, 0.6) is 23.0 Å². The van der Waals surface area contributed by atoms with Gasteiger partial charge in [0, 0.05) is 30.2 Å². The first-order chi connectivity index (χ1) is 23.3. The van der Waals surface area contributed by atoms with Crippen molar-refractivity contribution in [3.63, 3.8) is 0 Å². The largest absolute Gasteiger partial charge is 0.508 e. The van der Waals surface area contributed by atoms with Crippen LogP contribution in [-0.4, -0.2) is 69.3 Å². The Morgan fingerprint density at radius 2 is 1.59 bits per heavy atom. The van der Waals surface area contributed by atoms with E-state index in [0.29, 0.717) is 12.0 Å². The van der Waals surface area contributed by atoms with E-state index in [1.165, 1.54) is 55.5 Å². The standard InChI is InChI=1S/C36H31Cl2FN2O8/c1-48-22-15-26(43)29(27(16-22)49-2)30-23-11-12-24-28(32(45)40(31(24)44)14-13-18-3-9-21(42)10-4-18)25(23)17-35(37)33(46)41(34(47)36(30,35)38)20-7-5-19(39)6-8-20/h3-11,15-16,24-25,28,30,42-43H,12-14,17H2,1-2H3/t24-,25+,28-,30+,35+,36-/m0/s1. The smallest absolute Gasteiger partial charge is 0.258 e. The molecule has 10 nitrogen and oxygen atoms in total. The van der Waals surface area contributed by atoms with Crippen molar-refractivity contribution in [2.24, 2.45) is 17.8 Å². The number of imide groups is 2. The molecule has 3 aromatic carbocycles. The van der Waals surface area contributed by atoms with Crippen LogP contribution in [0.3, 0.4) is 0 Å². The molecule has 2 aliphatic carbocycles. The maximum absolute atomic E-state index is 14.6. The Bertz CT molecular complexity index is 1940. The second-order valence-corrected chi connectivity index (χ2v) is 14.0. The Hall–Kier alpha value is -4.61. The highest BCUT2D eigenvalue weighted by molar-refractivity contribution is 6.58. The summed E-state index contributed by atoms with van der Waals surface area (Å²) < 4.78 is 24.9. The van der Waals surface area contributed by atoms with Crippen molar-refractivity contribution in [3.8, 4) is 23.0 Å². The first-order valence-corrected chi connectivity index (χ1v) is 16.4.